The van der Waals surface area contributed by atoms with Gasteiger partial charge in [0.1, 0.15) is 0 Å². The summed E-state index contributed by atoms with van der Waals surface area (Å²) in [5, 5.41) is 6.52. The number of imide groups is 1. The first kappa shape index (κ1) is 20.4. The van der Waals surface area contributed by atoms with Crippen molar-refractivity contribution in [3.05, 3.63) is 51.2 Å². The zero-order chi connectivity index (χ0) is 19.8. The predicted octanol–water partition coefficient (Wildman–Crippen LogP) is 3.08. The van der Waals surface area contributed by atoms with E-state index in [1.54, 1.807) is 24.4 Å². The van der Waals surface area contributed by atoms with Crippen LogP contribution in [0.15, 0.2) is 35.7 Å². The first-order valence-corrected chi connectivity index (χ1v) is 8.94. The first-order valence-electron chi connectivity index (χ1n) is 7.68. The number of amides is 3. The fourth-order valence-corrected chi connectivity index (χ4v) is 2.71. The molecule has 0 aliphatic rings. The van der Waals surface area contributed by atoms with E-state index in [0.717, 1.165) is 0 Å². The summed E-state index contributed by atoms with van der Waals surface area (Å²) in [6.45, 7) is 0.978. The number of carbonyl (C=O) groups is 4. The Labute approximate surface area is 163 Å². The third-order valence-corrected chi connectivity index (χ3v) is 4.15. The van der Waals surface area contributed by atoms with Crippen LogP contribution < -0.4 is 10.6 Å². The van der Waals surface area contributed by atoms with Gasteiger partial charge >= 0.3 is 12.1 Å². The lowest BCUT2D eigenvalue weighted by Crippen LogP contribution is -2.34. The van der Waals surface area contributed by atoms with Gasteiger partial charge in [-0.25, -0.2) is 9.59 Å². The van der Waals surface area contributed by atoms with E-state index in [1.165, 1.54) is 29.5 Å². The van der Waals surface area contributed by atoms with Crippen molar-refractivity contribution in [3.63, 3.8) is 0 Å². The van der Waals surface area contributed by atoms with Gasteiger partial charge in [0.25, 0.3) is 11.8 Å². The number of alkyl carbamates (subject to hydrolysis) is 1. The van der Waals surface area contributed by atoms with Crippen LogP contribution in [0.3, 0.4) is 0 Å². The molecule has 27 heavy (non-hydrogen) atoms. The van der Waals surface area contributed by atoms with Crippen LogP contribution in [0.25, 0.3) is 0 Å². The molecule has 8 nitrogen and oxygen atoms in total. The molecule has 10 heteroatoms. The second-order valence-electron chi connectivity index (χ2n) is 4.97. The number of ether oxygens (including phenoxy) is 2. The lowest BCUT2D eigenvalue weighted by atomic mass is 10.1. The van der Waals surface area contributed by atoms with Crippen LogP contribution in [0.4, 0.5) is 10.5 Å². The molecule has 0 atom stereocenters. The highest BCUT2D eigenvalue weighted by atomic mass is 35.5. The number of esters is 1. The zero-order valence-corrected chi connectivity index (χ0v) is 15.7. The van der Waals surface area contributed by atoms with E-state index in [-0.39, 0.29) is 17.9 Å². The second-order valence-corrected chi connectivity index (χ2v) is 6.35. The minimum atomic E-state index is -0.936. The van der Waals surface area contributed by atoms with Gasteiger partial charge in [0, 0.05) is 5.02 Å². The van der Waals surface area contributed by atoms with Gasteiger partial charge in [0.2, 0.25) is 0 Å². The highest BCUT2D eigenvalue weighted by molar-refractivity contribution is 7.12. The highest BCUT2D eigenvalue weighted by Crippen LogP contribution is 2.23. The van der Waals surface area contributed by atoms with Crippen LogP contribution in [0, 0.1) is 0 Å². The largest absolute Gasteiger partial charge is 0.452 e. The normalized spacial score (nSPS) is 10.0. The molecule has 0 aliphatic heterocycles. The van der Waals surface area contributed by atoms with Crippen molar-refractivity contribution in [1.29, 1.82) is 0 Å². The Bertz CT molecular complexity index is 853. The molecule has 0 spiro atoms. The summed E-state index contributed by atoms with van der Waals surface area (Å²) < 4.78 is 9.41. The lowest BCUT2D eigenvalue weighted by molar-refractivity contribution is -0.123. The Kier molecular flexibility index (Phi) is 7.33. The number of hydrogen-bond acceptors (Lipinski definition) is 7. The second kappa shape index (κ2) is 9.70. The third kappa shape index (κ3) is 6.08. The van der Waals surface area contributed by atoms with E-state index >= 15 is 0 Å². The third-order valence-electron chi connectivity index (χ3n) is 3.05. The lowest BCUT2D eigenvalue weighted by Gasteiger charge is -2.11. The number of thiophene rings is 1. The smallest absolute Gasteiger partial charge is 0.413 e. The number of benzene rings is 1. The van der Waals surface area contributed by atoms with Crippen molar-refractivity contribution in [2.75, 3.05) is 18.5 Å². The number of carbonyl (C=O) groups excluding carboxylic acids is 4. The number of halogens is 1. The molecule has 0 radical (unpaired) electrons. The molecule has 1 aromatic heterocycles. The standard InChI is InChI=1S/C17H15ClN2O6S/c1-2-25-17(24)20-14(21)9-26-16(23)11-6-5-10(18)8-12(11)19-15(22)13-4-3-7-27-13/h3-8H,2,9H2,1H3,(H,19,22)(H,20,21,24). The van der Waals surface area contributed by atoms with Gasteiger partial charge in [-0.15, -0.1) is 11.3 Å². The highest BCUT2D eigenvalue weighted by Gasteiger charge is 2.18. The van der Waals surface area contributed by atoms with Gasteiger partial charge in [-0.3, -0.25) is 14.9 Å². The van der Waals surface area contributed by atoms with Crippen molar-refractivity contribution in [2.24, 2.45) is 0 Å². The molecular formula is C17H15ClN2O6S. The van der Waals surface area contributed by atoms with Gasteiger partial charge in [-0.1, -0.05) is 17.7 Å². The molecule has 2 rings (SSSR count). The predicted molar refractivity (Wildman–Crippen MR) is 99.2 cm³/mol. The quantitative estimate of drug-likeness (QED) is 0.708. The number of hydrogen-bond donors (Lipinski definition) is 2. The minimum Gasteiger partial charge on any atom is -0.452 e. The Morgan fingerprint density at radius 3 is 2.59 bits per heavy atom. The molecule has 0 saturated heterocycles. The molecule has 1 aromatic carbocycles. The fraction of sp³-hybridized carbons (Fsp3) is 0.176. The van der Waals surface area contributed by atoms with Crippen LogP contribution in [-0.4, -0.2) is 37.1 Å². The molecule has 0 aliphatic carbocycles. The molecule has 1 heterocycles. The van der Waals surface area contributed by atoms with Gasteiger partial charge in [-0.2, -0.15) is 0 Å². The maximum atomic E-state index is 12.3. The molecular weight excluding hydrogens is 396 g/mol. The minimum absolute atomic E-state index is 0.00763. The summed E-state index contributed by atoms with van der Waals surface area (Å²) in [6, 6.07) is 7.54. The molecule has 0 unspecified atom stereocenters. The maximum absolute atomic E-state index is 12.3. The van der Waals surface area contributed by atoms with Crippen molar-refractivity contribution in [3.8, 4) is 0 Å². The van der Waals surface area contributed by atoms with Crippen LogP contribution >= 0.6 is 22.9 Å². The van der Waals surface area contributed by atoms with E-state index in [1.807, 2.05) is 5.32 Å². The van der Waals surface area contributed by atoms with Crippen molar-refractivity contribution in [1.82, 2.24) is 5.32 Å². The monoisotopic (exact) mass is 410 g/mol. The molecule has 2 N–H and O–H groups in total. The maximum Gasteiger partial charge on any atom is 0.413 e. The summed E-state index contributed by atoms with van der Waals surface area (Å²) in [5.74, 6) is -2.13. The van der Waals surface area contributed by atoms with Gasteiger partial charge < -0.3 is 14.8 Å². The van der Waals surface area contributed by atoms with Gasteiger partial charge in [0.05, 0.1) is 22.7 Å². The molecule has 0 bridgehead atoms. The Morgan fingerprint density at radius 1 is 1.15 bits per heavy atom. The average Bonchev–Trinajstić information content (AvgIpc) is 3.15. The molecule has 3 amide bonds. The summed E-state index contributed by atoms with van der Waals surface area (Å²) in [5.41, 5.74) is 0.143. The summed E-state index contributed by atoms with van der Waals surface area (Å²) in [4.78, 5) is 47.6. The molecule has 142 valence electrons. The summed E-state index contributed by atoms with van der Waals surface area (Å²) >= 11 is 7.16. The van der Waals surface area contributed by atoms with Gasteiger partial charge in [0.15, 0.2) is 6.61 Å². The van der Waals surface area contributed by atoms with E-state index in [0.29, 0.717) is 9.90 Å². The Morgan fingerprint density at radius 2 is 1.93 bits per heavy atom. The Hall–Kier alpha value is -2.91. The van der Waals surface area contributed by atoms with Crippen LogP contribution in [-0.2, 0) is 14.3 Å². The van der Waals surface area contributed by atoms with Crippen molar-refractivity contribution < 1.29 is 28.7 Å². The Balaban J connectivity index is 2.04. The molecule has 0 fully saturated rings. The van der Waals surface area contributed by atoms with Crippen molar-refractivity contribution in [2.45, 2.75) is 6.92 Å². The fourth-order valence-electron chi connectivity index (χ4n) is 1.92. The first-order chi connectivity index (χ1) is 12.9. The number of anilines is 1. The summed E-state index contributed by atoms with van der Waals surface area (Å²) in [7, 11) is 0. The topological polar surface area (TPSA) is 111 Å². The van der Waals surface area contributed by atoms with Gasteiger partial charge in [-0.05, 0) is 36.6 Å². The zero-order valence-electron chi connectivity index (χ0n) is 14.1. The van der Waals surface area contributed by atoms with E-state index in [9.17, 15) is 19.2 Å². The number of nitrogens with one attached hydrogen (secondary N) is 2. The van der Waals surface area contributed by atoms with E-state index in [4.69, 9.17) is 16.3 Å². The molecule has 0 saturated carbocycles. The SMILES string of the molecule is CCOC(=O)NC(=O)COC(=O)c1ccc(Cl)cc1NC(=O)c1cccs1. The number of rotatable bonds is 6. The van der Waals surface area contributed by atoms with Crippen LogP contribution in [0.5, 0.6) is 0 Å². The van der Waals surface area contributed by atoms with E-state index < -0.39 is 30.5 Å². The van der Waals surface area contributed by atoms with E-state index in [2.05, 4.69) is 10.1 Å². The van der Waals surface area contributed by atoms with Crippen molar-refractivity contribution >= 4 is 52.5 Å². The van der Waals surface area contributed by atoms with Crippen LogP contribution in [0.2, 0.25) is 5.02 Å². The molecule has 2 aromatic rings. The summed E-state index contributed by atoms with van der Waals surface area (Å²) in [6.07, 6.45) is -0.936. The van der Waals surface area contributed by atoms with Crippen LogP contribution in [0.1, 0.15) is 27.0 Å². The average molecular weight is 411 g/mol.